The minimum absolute atomic E-state index is 0.0829. The standard InChI is InChI=1S/C46H87NO6/c1-5-8-10-12-14-15-16-17-18-19-20-21-22-24-25-32-38-49-41-43-44(53-46(52-43)36-30-27-31-37-47(4)7-3)42-50-39-33-28-29-35-45(48)51-40-34-26-23-13-11-9-6-2/h17-18,26,34,43-44,46H,5-16,19-25,27-33,35-42H2,1-4H3/b18-17-,34-26-. The van der Waals surface area contributed by atoms with E-state index in [-0.39, 0.29) is 24.5 Å². The van der Waals surface area contributed by atoms with E-state index in [9.17, 15) is 4.79 Å². The Labute approximate surface area is 328 Å². The molecular formula is C46H87NO6. The van der Waals surface area contributed by atoms with E-state index in [0.29, 0.717) is 32.8 Å². The molecule has 0 saturated carbocycles. The van der Waals surface area contributed by atoms with Crippen molar-refractivity contribution in [2.75, 3.05) is 53.2 Å². The van der Waals surface area contributed by atoms with Crippen molar-refractivity contribution in [3.05, 3.63) is 24.3 Å². The predicted octanol–water partition coefficient (Wildman–Crippen LogP) is 12.3. The third-order valence-electron chi connectivity index (χ3n) is 10.4. The average Bonchev–Trinajstić information content (AvgIpc) is 3.55. The molecule has 0 N–H and O–H groups in total. The highest BCUT2D eigenvalue weighted by molar-refractivity contribution is 5.69. The average molecular weight is 750 g/mol. The number of allylic oxidation sites excluding steroid dienone is 3. The maximum atomic E-state index is 12.0. The van der Waals surface area contributed by atoms with Crippen molar-refractivity contribution in [2.24, 2.45) is 0 Å². The molecular weight excluding hydrogens is 663 g/mol. The second kappa shape index (κ2) is 39.0. The van der Waals surface area contributed by atoms with Crippen LogP contribution in [0.2, 0.25) is 0 Å². The van der Waals surface area contributed by atoms with Crippen LogP contribution in [0.4, 0.5) is 0 Å². The molecule has 0 aromatic carbocycles. The van der Waals surface area contributed by atoms with Crippen LogP contribution in [-0.2, 0) is 28.5 Å². The van der Waals surface area contributed by atoms with Crippen molar-refractivity contribution in [3.8, 4) is 0 Å². The van der Waals surface area contributed by atoms with Gasteiger partial charge in [-0.2, -0.15) is 0 Å². The number of hydrogen-bond donors (Lipinski definition) is 0. The molecule has 0 bridgehead atoms. The monoisotopic (exact) mass is 750 g/mol. The van der Waals surface area contributed by atoms with Crippen molar-refractivity contribution >= 4 is 5.97 Å². The molecule has 0 aromatic rings. The Kier molecular flexibility index (Phi) is 36.6. The van der Waals surface area contributed by atoms with Crippen LogP contribution in [0.3, 0.4) is 0 Å². The maximum absolute atomic E-state index is 12.0. The molecule has 1 heterocycles. The van der Waals surface area contributed by atoms with Crippen LogP contribution in [0.5, 0.6) is 0 Å². The SMILES string of the molecule is CCCCCC/C=C\COC(=O)CCCCCOCC1OC(CCCCCN(C)CC)OC1COCCCCCCCC/C=C\CCCCCCCC. The van der Waals surface area contributed by atoms with Crippen LogP contribution in [-0.4, -0.2) is 82.5 Å². The number of carbonyl (C=O) groups excluding carboxylic acids is 1. The molecule has 1 fully saturated rings. The lowest BCUT2D eigenvalue weighted by molar-refractivity contribution is -0.142. The van der Waals surface area contributed by atoms with E-state index >= 15 is 0 Å². The van der Waals surface area contributed by atoms with Crippen LogP contribution in [0.25, 0.3) is 0 Å². The Morgan fingerprint density at radius 3 is 1.60 bits per heavy atom. The summed E-state index contributed by atoms with van der Waals surface area (Å²) in [6.45, 7) is 11.9. The Bertz CT molecular complexity index is 835. The summed E-state index contributed by atoms with van der Waals surface area (Å²) < 4.78 is 30.2. The first kappa shape index (κ1) is 49.8. The largest absolute Gasteiger partial charge is 0.461 e. The van der Waals surface area contributed by atoms with Crippen molar-refractivity contribution in [2.45, 2.75) is 213 Å². The summed E-state index contributed by atoms with van der Waals surface area (Å²) in [5.74, 6) is -0.110. The minimum Gasteiger partial charge on any atom is -0.461 e. The zero-order valence-electron chi connectivity index (χ0n) is 35.5. The highest BCUT2D eigenvalue weighted by Crippen LogP contribution is 2.24. The number of esters is 1. The Hall–Kier alpha value is -1.25. The first-order valence-corrected chi connectivity index (χ1v) is 22.7. The van der Waals surface area contributed by atoms with Gasteiger partial charge in [-0.1, -0.05) is 135 Å². The lowest BCUT2D eigenvalue weighted by Crippen LogP contribution is -2.32. The third-order valence-corrected chi connectivity index (χ3v) is 10.4. The normalized spacial score (nSPS) is 17.6. The topological polar surface area (TPSA) is 66.5 Å². The lowest BCUT2D eigenvalue weighted by atomic mass is 10.1. The molecule has 0 amide bonds. The van der Waals surface area contributed by atoms with Crippen LogP contribution in [0.1, 0.15) is 194 Å². The molecule has 0 aliphatic carbocycles. The zero-order valence-corrected chi connectivity index (χ0v) is 35.5. The second-order valence-corrected chi connectivity index (χ2v) is 15.4. The van der Waals surface area contributed by atoms with Crippen LogP contribution in [0.15, 0.2) is 24.3 Å². The summed E-state index contributed by atoms with van der Waals surface area (Å²) in [6.07, 6.45) is 40.6. The first-order chi connectivity index (χ1) is 26.1. The van der Waals surface area contributed by atoms with Crippen molar-refractivity contribution in [3.63, 3.8) is 0 Å². The van der Waals surface area contributed by atoms with E-state index in [1.54, 1.807) is 0 Å². The van der Waals surface area contributed by atoms with Crippen molar-refractivity contribution in [1.82, 2.24) is 4.90 Å². The number of rotatable bonds is 40. The molecule has 1 aliphatic heterocycles. The summed E-state index contributed by atoms with van der Waals surface area (Å²) in [7, 11) is 2.18. The molecule has 0 radical (unpaired) electrons. The number of carbonyl (C=O) groups is 1. The van der Waals surface area contributed by atoms with E-state index in [2.05, 4.69) is 50.9 Å². The molecule has 3 atom stereocenters. The van der Waals surface area contributed by atoms with Gasteiger partial charge in [0.1, 0.15) is 18.8 Å². The fourth-order valence-electron chi connectivity index (χ4n) is 6.64. The van der Waals surface area contributed by atoms with Crippen molar-refractivity contribution < 1.29 is 28.5 Å². The quantitative estimate of drug-likeness (QED) is 0.0351. The first-order valence-electron chi connectivity index (χ1n) is 22.7. The van der Waals surface area contributed by atoms with Crippen molar-refractivity contribution in [1.29, 1.82) is 0 Å². The van der Waals surface area contributed by atoms with Gasteiger partial charge in [-0.05, 0) is 97.2 Å². The predicted molar refractivity (Wildman–Crippen MR) is 224 cm³/mol. The van der Waals surface area contributed by atoms with Crippen LogP contribution in [0, 0.1) is 0 Å². The number of nitrogens with zero attached hydrogens (tertiary/aromatic N) is 1. The smallest absolute Gasteiger partial charge is 0.306 e. The molecule has 53 heavy (non-hydrogen) atoms. The lowest BCUT2D eigenvalue weighted by Gasteiger charge is -2.17. The van der Waals surface area contributed by atoms with Gasteiger partial charge in [0.2, 0.25) is 0 Å². The molecule has 0 spiro atoms. The highest BCUT2D eigenvalue weighted by atomic mass is 16.7. The summed E-state index contributed by atoms with van der Waals surface area (Å²) in [4.78, 5) is 14.4. The van der Waals surface area contributed by atoms with Gasteiger partial charge in [0.25, 0.3) is 0 Å². The van der Waals surface area contributed by atoms with E-state index < -0.39 is 0 Å². The molecule has 312 valence electrons. The zero-order chi connectivity index (χ0) is 38.3. The Balaban J connectivity index is 2.18. The third kappa shape index (κ3) is 32.7. The minimum atomic E-state index is -0.173. The van der Waals surface area contributed by atoms with Gasteiger partial charge in [0.05, 0.1) is 13.2 Å². The van der Waals surface area contributed by atoms with E-state index in [0.717, 1.165) is 64.6 Å². The molecule has 1 saturated heterocycles. The molecule has 7 nitrogen and oxygen atoms in total. The van der Waals surface area contributed by atoms with E-state index in [1.165, 1.54) is 122 Å². The van der Waals surface area contributed by atoms with Gasteiger partial charge in [-0.15, -0.1) is 0 Å². The van der Waals surface area contributed by atoms with Gasteiger partial charge in [-0.3, -0.25) is 4.79 Å². The van der Waals surface area contributed by atoms with Gasteiger partial charge >= 0.3 is 5.97 Å². The van der Waals surface area contributed by atoms with Gasteiger partial charge in [0.15, 0.2) is 6.29 Å². The summed E-state index contributed by atoms with van der Waals surface area (Å²) in [5.41, 5.74) is 0. The van der Waals surface area contributed by atoms with Gasteiger partial charge in [0, 0.05) is 19.6 Å². The molecule has 0 aromatic heterocycles. The maximum Gasteiger partial charge on any atom is 0.306 e. The van der Waals surface area contributed by atoms with Crippen LogP contribution < -0.4 is 0 Å². The van der Waals surface area contributed by atoms with E-state index in [1.807, 2.05) is 6.08 Å². The summed E-state index contributed by atoms with van der Waals surface area (Å²) >= 11 is 0. The summed E-state index contributed by atoms with van der Waals surface area (Å²) in [5, 5.41) is 0. The molecule has 7 heteroatoms. The highest BCUT2D eigenvalue weighted by Gasteiger charge is 2.36. The van der Waals surface area contributed by atoms with E-state index in [4.69, 9.17) is 23.7 Å². The summed E-state index contributed by atoms with van der Waals surface area (Å²) in [6, 6.07) is 0. The Morgan fingerprint density at radius 1 is 0.566 bits per heavy atom. The van der Waals surface area contributed by atoms with Crippen LogP contribution >= 0.6 is 0 Å². The van der Waals surface area contributed by atoms with Gasteiger partial charge in [-0.25, -0.2) is 0 Å². The molecule has 1 rings (SSSR count). The molecule has 1 aliphatic rings. The second-order valence-electron chi connectivity index (χ2n) is 15.4. The fraction of sp³-hybridized carbons (Fsp3) is 0.891. The van der Waals surface area contributed by atoms with Gasteiger partial charge < -0.3 is 28.6 Å². The number of hydrogen-bond acceptors (Lipinski definition) is 7. The number of unbranched alkanes of at least 4 members (excludes halogenated alkanes) is 20. The fourth-order valence-corrected chi connectivity index (χ4v) is 6.64. The number of ether oxygens (including phenoxy) is 5. The molecule has 3 unspecified atom stereocenters. The Morgan fingerprint density at radius 2 is 1.04 bits per heavy atom.